The Morgan fingerprint density at radius 2 is 2.06 bits per heavy atom. The molecule has 4 nitrogen and oxygen atoms in total. The van der Waals surface area contributed by atoms with Gasteiger partial charge >= 0.3 is 0 Å². The van der Waals surface area contributed by atoms with Gasteiger partial charge in [0.05, 0.1) is 10.5 Å². The van der Waals surface area contributed by atoms with Crippen LogP contribution in [0.2, 0.25) is 0 Å². The highest BCUT2D eigenvalue weighted by Crippen LogP contribution is 2.19. The van der Waals surface area contributed by atoms with Crippen molar-refractivity contribution in [3.8, 4) is 0 Å². The Morgan fingerprint density at radius 1 is 1.44 bits per heavy atom. The number of nitro groups is 1. The van der Waals surface area contributed by atoms with Gasteiger partial charge in [-0.15, -0.1) is 0 Å². The fraction of sp³-hybridized carbons (Fsp3) is 0.273. The van der Waals surface area contributed by atoms with Gasteiger partial charge < -0.3 is 4.90 Å². The van der Waals surface area contributed by atoms with Crippen LogP contribution in [0.25, 0.3) is 6.08 Å². The summed E-state index contributed by atoms with van der Waals surface area (Å²) in [5.74, 6) is 0. The molecule has 1 rings (SSSR count). The molecule has 0 unspecified atom stereocenters. The molecule has 0 aliphatic rings. The van der Waals surface area contributed by atoms with Crippen LogP contribution in [-0.2, 0) is 0 Å². The zero-order valence-electron chi connectivity index (χ0n) is 9.60. The van der Waals surface area contributed by atoms with E-state index < -0.39 is 4.92 Å². The zero-order valence-corrected chi connectivity index (χ0v) is 9.60. The zero-order chi connectivity index (χ0) is 12.3. The van der Waals surface area contributed by atoms with E-state index in [0.29, 0.717) is 11.0 Å². The third-order valence-corrected chi connectivity index (χ3v) is 2.16. The summed E-state index contributed by atoms with van der Waals surface area (Å²) in [5, 5.41) is 10.8. The number of hydrogen-bond donors (Lipinski definition) is 0. The average molecular weight is 216 g/mol. The molecule has 1 aromatic rings. The van der Waals surface area contributed by atoms with Gasteiger partial charge in [0, 0.05) is 20.2 Å². The van der Waals surface area contributed by atoms with Gasteiger partial charge in [0.2, 0.25) is 0 Å². The van der Waals surface area contributed by atoms with Gasteiger partial charge in [-0.3, -0.25) is 10.1 Å². The highest BCUT2D eigenvalue weighted by atomic mass is 16.6. The first kappa shape index (κ1) is 12.3. The Bertz CT molecular complexity index is 442. The monoisotopic (exact) mass is 216 g/mol. The van der Waals surface area contributed by atoms with E-state index >= 15 is 0 Å². The van der Waals surface area contributed by atoms with Gasteiger partial charge in [0.25, 0.3) is 5.69 Å². The fourth-order valence-electron chi connectivity index (χ4n) is 1.26. The lowest BCUT2D eigenvalue weighted by atomic mass is 9.89. The van der Waals surface area contributed by atoms with Gasteiger partial charge in [0.1, 0.15) is 7.85 Å². The summed E-state index contributed by atoms with van der Waals surface area (Å²) < 4.78 is 0. The molecule has 0 N–H and O–H groups in total. The second-order valence-corrected chi connectivity index (χ2v) is 3.80. The average Bonchev–Trinajstić information content (AvgIpc) is 2.18. The molecule has 0 aliphatic carbocycles. The molecule has 1 aromatic carbocycles. The van der Waals surface area contributed by atoms with Gasteiger partial charge in [-0.05, 0) is 25.3 Å². The molecule has 0 heterocycles. The topological polar surface area (TPSA) is 46.4 Å². The molecule has 0 saturated carbocycles. The Balaban J connectivity index is 3.25. The minimum absolute atomic E-state index is 0.0289. The van der Waals surface area contributed by atoms with Gasteiger partial charge in [-0.2, -0.15) is 0 Å². The maximum absolute atomic E-state index is 10.8. The SMILES string of the molecule is [B]c1cc([N+](=O)[O-])c(/C=C/N(C)C)cc1C. The van der Waals surface area contributed by atoms with E-state index in [1.165, 1.54) is 6.07 Å². The summed E-state index contributed by atoms with van der Waals surface area (Å²) in [7, 11) is 9.35. The van der Waals surface area contributed by atoms with Crippen LogP contribution < -0.4 is 5.46 Å². The quantitative estimate of drug-likeness (QED) is 0.433. The van der Waals surface area contributed by atoms with Crippen molar-refractivity contribution >= 4 is 25.1 Å². The second kappa shape index (κ2) is 4.83. The van der Waals surface area contributed by atoms with Crippen LogP contribution in [0.5, 0.6) is 0 Å². The first-order valence-electron chi connectivity index (χ1n) is 4.81. The Labute approximate surface area is 96.1 Å². The van der Waals surface area contributed by atoms with Crippen LogP contribution in [0.4, 0.5) is 5.69 Å². The highest BCUT2D eigenvalue weighted by molar-refractivity contribution is 6.33. The van der Waals surface area contributed by atoms with E-state index in [-0.39, 0.29) is 5.69 Å². The van der Waals surface area contributed by atoms with Crippen LogP contribution >= 0.6 is 0 Å². The summed E-state index contributed by atoms with van der Waals surface area (Å²) in [6.45, 7) is 1.83. The molecule has 0 bridgehead atoms. The summed E-state index contributed by atoms with van der Waals surface area (Å²) in [6.07, 6.45) is 3.46. The van der Waals surface area contributed by atoms with Crippen LogP contribution in [0, 0.1) is 17.0 Å². The van der Waals surface area contributed by atoms with Crippen molar-refractivity contribution in [2.24, 2.45) is 0 Å². The second-order valence-electron chi connectivity index (χ2n) is 3.80. The Kier molecular flexibility index (Phi) is 3.71. The van der Waals surface area contributed by atoms with Crippen molar-refractivity contribution in [2.45, 2.75) is 6.92 Å². The van der Waals surface area contributed by atoms with Crippen molar-refractivity contribution in [2.75, 3.05) is 14.1 Å². The molecule has 0 aromatic heterocycles. The molecule has 0 spiro atoms. The van der Waals surface area contributed by atoms with Crippen molar-refractivity contribution in [3.63, 3.8) is 0 Å². The Morgan fingerprint density at radius 3 is 2.56 bits per heavy atom. The summed E-state index contributed by atoms with van der Waals surface area (Å²) in [5.41, 5.74) is 1.87. The van der Waals surface area contributed by atoms with Gasteiger partial charge in [-0.25, -0.2) is 0 Å². The molecular weight excluding hydrogens is 203 g/mol. The molecular formula is C11H13BN2O2. The molecule has 0 saturated heterocycles. The molecule has 5 heteroatoms. The lowest BCUT2D eigenvalue weighted by molar-refractivity contribution is -0.385. The van der Waals surface area contributed by atoms with Crippen LogP contribution in [0.15, 0.2) is 18.3 Å². The molecule has 2 radical (unpaired) electrons. The normalized spacial score (nSPS) is 10.7. The molecule has 82 valence electrons. The number of nitro benzene ring substituents is 1. The molecule has 0 aliphatic heterocycles. The van der Waals surface area contributed by atoms with E-state index in [4.69, 9.17) is 7.85 Å². The van der Waals surface area contributed by atoms with Crippen LogP contribution in [-0.4, -0.2) is 31.8 Å². The molecule has 0 amide bonds. The van der Waals surface area contributed by atoms with Crippen molar-refractivity contribution in [1.82, 2.24) is 4.90 Å². The lowest BCUT2D eigenvalue weighted by Crippen LogP contribution is -2.09. The molecule has 16 heavy (non-hydrogen) atoms. The fourth-order valence-corrected chi connectivity index (χ4v) is 1.26. The third kappa shape index (κ3) is 2.86. The Hall–Kier alpha value is -1.78. The van der Waals surface area contributed by atoms with E-state index in [1.807, 2.05) is 25.9 Å². The minimum atomic E-state index is -0.425. The number of aryl methyl sites for hydroxylation is 1. The van der Waals surface area contributed by atoms with E-state index in [0.717, 1.165) is 5.56 Å². The number of hydrogen-bond acceptors (Lipinski definition) is 3. The predicted octanol–water partition coefficient (Wildman–Crippen LogP) is 1.23. The minimum Gasteiger partial charge on any atom is -0.383 e. The molecule has 0 atom stereocenters. The van der Waals surface area contributed by atoms with E-state index in [1.54, 1.807) is 18.3 Å². The lowest BCUT2D eigenvalue weighted by Gasteiger charge is -2.06. The number of nitrogens with zero attached hydrogens (tertiary/aromatic N) is 2. The summed E-state index contributed by atoms with van der Waals surface area (Å²) >= 11 is 0. The van der Waals surface area contributed by atoms with Crippen molar-refractivity contribution in [3.05, 3.63) is 39.6 Å². The predicted molar refractivity (Wildman–Crippen MR) is 65.9 cm³/mol. The number of benzene rings is 1. The van der Waals surface area contributed by atoms with Crippen LogP contribution in [0.3, 0.4) is 0 Å². The smallest absolute Gasteiger partial charge is 0.276 e. The first-order valence-corrected chi connectivity index (χ1v) is 4.81. The summed E-state index contributed by atoms with van der Waals surface area (Å²) in [4.78, 5) is 12.2. The van der Waals surface area contributed by atoms with E-state index in [2.05, 4.69) is 0 Å². The maximum Gasteiger partial charge on any atom is 0.276 e. The summed E-state index contributed by atoms with van der Waals surface area (Å²) in [6, 6.07) is 3.11. The van der Waals surface area contributed by atoms with Crippen LogP contribution in [0.1, 0.15) is 11.1 Å². The van der Waals surface area contributed by atoms with Gasteiger partial charge in [-0.1, -0.05) is 11.0 Å². The van der Waals surface area contributed by atoms with Crippen molar-refractivity contribution in [1.29, 1.82) is 0 Å². The maximum atomic E-state index is 10.8. The molecule has 0 fully saturated rings. The highest BCUT2D eigenvalue weighted by Gasteiger charge is 2.12. The van der Waals surface area contributed by atoms with Gasteiger partial charge in [0.15, 0.2) is 0 Å². The van der Waals surface area contributed by atoms with Crippen molar-refractivity contribution < 1.29 is 4.92 Å². The largest absolute Gasteiger partial charge is 0.383 e. The number of rotatable bonds is 3. The third-order valence-electron chi connectivity index (χ3n) is 2.16. The van der Waals surface area contributed by atoms with E-state index in [9.17, 15) is 10.1 Å². The standard InChI is InChI=1S/C11H13BN2O2/c1-8-6-9(4-5-13(2)3)11(14(15)16)7-10(8)12/h4-7H,1-3H3/b5-4+. The first-order chi connectivity index (χ1) is 7.41.